The highest BCUT2D eigenvalue weighted by Crippen LogP contribution is 2.23. The third-order valence-electron chi connectivity index (χ3n) is 4.31. The Morgan fingerprint density at radius 3 is 2.92 bits per heavy atom. The molecule has 1 aromatic carbocycles. The second kappa shape index (κ2) is 7.25. The van der Waals surface area contributed by atoms with Crippen molar-refractivity contribution in [1.29, 1.82) is 0 Å². The minimum Gasteiger partial charge on any atom is -0.353 e. The Morgan fingerprint density at radius 2 is 2.20 bits per heavy atom. The van der Waals surface area contributed by atoms with Gasteiger partial charge in [-0.05, 0) is 37.5 Å². The van der Waals surface area contributed by atoms with Crippen LogP contribution in [0.15, 0.2) is 36.5 Å². The first-order valence-corrected chi connectivity index (χ1v) is 8.14. The number of hydrogen-bond donors (Lipinski definition) is 1. The van der Waals surface area contributed by atoms with Gasteiger partial charge in [0.05, 0.1) is 4.92 Å². The first-order chi connectivity index (χ1) is 12.1. The van der Waals surface area contributed by atoms with Gasteiger partial charge in [-0.15, -0.1) is 5.10 Å². The zero-order valence-electron chi connectivity index (χ0n) is 13.9. The van der Waals surface area contributed by atoms with E-state index in [1.54, 1.807) is 25.3 Å². The van der Waals surface area contributed by atoms with Gasteiger partial charge in [-0.2, -0.15) is 5.10 Å². The number of carbonyl (C=O) groups excluding carboxylic acids is 1. The molecular formula is C17H19N5O3. The van der Waals surface area contributed by atoms with Crippen LogP contribution in [-0.4, -0.2) is 40.2 Å². The van der Waals surface area contributed by atoms with E-state index in [4.69, 9.17) is 0 Å². The average Bonchev–Trinajstić information content (AvgIpc) is 2.62. The molecule has 0 unspecified atom stereocenters. The number of nitro groups is 1. The molecule has 1 aliphatic heterocycles. The molecule has 0 spiro atoms. The third-order valence-corrected chi connectivity index (χ3v) is 4.31. The number of anilines is 1. The number of benzene rings is 1. The highest BCUT2D eigenvalue weighted by Gasteiger charge is 2.27. The molecule has 0 aliphatic carbocycles. The minimum absolute atomic E-state index is 0.0949. The van der Waals surface area contributed by atoms with Crippen molar-refractivity contribution in [2.24, 2.45) is 0 Å². The number of piperidine rings is 1. The lowest BCUT2D eigenvalue weighted by Crippen LogP contribution is -2.48. The molecule has 1 atom stereocenters. The molecule has 1 aliphatic rings. The fraction of sp³-hybridized carbons (Fsp3) is 0.353. The Morgan fingerprint density at radius 1 is 1.36 bits per heavy atom. The van der Waals surface area contributed by atoms with Gasteiger partial charge in [0.2, 0.25) is 0 Å². The largest absolute Gasteiger partial charge is 0.353 e. The molecule has 3 rings (SSSR count). The van der Waals surface area contributed by atoms with Gasteiger partial charge in [0, 0.05) is 31.4 Å². The maximum absolute atomic E-state index is 12.6. The maximum atomic E-state index is 12.6. The molecule has 0 radical (unpaired) electrons. The van der Waals surface area contributed by atoms with Crippen LogP contribution < -0.4 is 10.2 Å². The summed E-state index contributed by atoms with van der Waals surface area (Å²) in [5, 5.41) is 22.1. The number of rotatable bonds is 4. The SMILES string of the molecule is Cc1cccc([N+](=O)[O-])c1C(=O)N[C@@H]1CCCN(c2cccnn2)C1. The lowest BCUT2D eigenvalue weighted by atomic mass is 10.0. The molecule has 2 heterocycles. The summed E-state index contributed by atoms with van der Waals surface area (Å²) in [6.07, 6.45) is 3.34. The number of nitrogens with zero attached hydrogens (tertiary/aromatic N) is 4. The van der Waals surface area contributed by atoms with E-state index in [2.05, 4.69) is 20.4 Å². The number of hydrogen-bond acceptors (Lipinski definition) is 6. The zero-order chi connectivity index (χ0) is 17.8. The predicted octanol–water partition coefficient (Wildman–Crippen LogP) is 2.09. The fourth-order valence-electron chi connectivity index (χ4n) is 3.12. The molecule has 1 N–H and O–H groups in total. The Balaban J connectivity index is 1.74. The van der Waals surface area contributed by atoms with Crippen molar-refractivity contribution in [3.05, 3.63) is 57.8 Å². The molecule has 0 saturated carbocycles. The van der Waals surface area contributed by atoms with Crippen LogP contribution in [-0.2, 0) is 0 Å². The maximum Gasteiger partial charge on any atom is 0.282 e. The Hall–Kier alpha value is -3.03. The second-order valence-corrected chi connectivity index (χ2v) is 6.07. The third kappa shape index (κ3) is 3.73. The minimum atomic E-state index is -0.519. The highest BCUT2D eigenvalue weighted by molar-refractivity contribution is 5.99. The van der Waals surface area contributed by atoms with E-state index in [1.165, 1.54) is 6.07 Å². The molecule has 1 fully saturated rings. The van der Waals surface area contributed by atoms with Gasteiger partial charge in [-0.3, -0.25) is 14.9 Å². The predicted molar refractivity (Wildman–Crippen MR) is 92.6 cm³/mol. The van der Waals surface area contributed by atoms with Crippen LogP contribution >= 0.6 is 0 Å². The van der Waals surface area contributed by atoms with E-state index < -0.39 is 10.8 Å². The summed E-state index contributed by atoms with van der Waals surface area (Å²) in [6.45, 7) is 3.15. The molecule has 8 heteroatoms. The van der Waals surface area contributed by atoms with Gasteiger partial charge in [-0.1, -0.05) is 12.1 Å². The van der Waals surface area contributed by atoms with Gasteiger partial charge in [0.15, 0.2) is 5.82 Å². The lowest BCUT2D eigenvalue weighted by Gasteiger charge is -2.33. The van der Waals surface area contributed by atoms with Crippen molar-refractivity contribution in [2.45, 2.75) is 25.8 Å². The lowest BCUT2D eigenvalue weighted by molar-refractivity contribution is -0.385. The summed E-state index contributed by atoms with van der Waals surface area (Å²) < 4.78 is 0. The van der Waals surface area contributed by atoms with Crippen LogP contribution in [0.5, 0.6) is 0 Å². The van der Waals surface area contributed by atoms with Crippen molar-refractivity contribution in [3.8, 4) is 0 Å². The number of aryl methyl sites for hydroxylation is 1. The summed E-state index contributed by atoms with van der Waals surface area (Å²) in [4.78, 5) is 25.4. The van der Waals surface area contributed by atoms with Crippen LogP contribution in [0.3, 0.4) is 0 Å². The number of nitrogens with one attached hydrogen (secondary N) is 1. The molecule has 1 aromatic heterocycles. The molecule has 25 heavy (non-hydrogen) atoms. The summed E-state index contributed by atoms with van der Waals surface area (Å²) in [7, 11) is 0. The van der Waals surface area contributed by atoms with E-state index in [1.807, 2.05) is 12.1 Å². The summed E-state index contributed by atoms with van der Waals surface area (Å²) in [6, 6.07) is 8.25. The molecular weight excluding hydrogens is 322 g/mol. The van der Waals surface area contributed by atoms with Crippen molar-refractivity contribution in [3.63, 3.8) is 0 Å². The van der Waals surface area contributed by atoms with Crippen molar-refractivity contribution in [1.82, 2.24) is 15.5 Å². The normalized spacial score (nSPS) is 17.2. The van der Waals surface area contributed by atoms with Gasteiger partial charge < -0.3 is 10.2 Å². The van der Waals surface area contributed by atoms with E-state index in [-0.39, 0.29) is 17.3 Å². The van der Waals surface area contributed by atoms with Gasteiger partial charge in [0.25, 0.3) is 11.6 Å². The molecule has 2 aromatic rings. The standard InChI is InChI=1S/C17H19N5O3/c1-12-5-2-7-14(22(24)25)16(12)17(23)19-13-6-4-10-21(11-13)15-8-3-9-18-20-15/h2-3,5,7-9,13H,4,6,10-11H2,1H3,(H,19,23)/t13-/m1/s1. The molecule has 0 bridgehead atoms. The fourth-order valence-corrected chi connectivity index (χ4v) is 3.12. The molecule has 8 nitrogen and oxygen atoms in total. The van der Waals surface area contributed by atoms with E-state index >= 15 is 0 Å². The monoisotopic (exact) mass is 341 g/mol. The van der Waals surface area contributed by atoms with Gasteiger partial charge in [0.1, 0.15) is 5.56 Å². The quantitative estimate of drug-likeness (QED) is 0.675. The summed E-state index contributed by atoms with van der Waals surface area (Å²) in [5.41, 5.74) is 0.552. The Bertz CT molecular complexity index is 781. The first-order valence-electron chi connectivity index (χ1n) is 8.14. The number of nitro benzene ring substituents is 1. The van der Waals surface area contributed by atoms with Crippen molar-refractivity contribution < 1.29 is 9.72 Å². The smallest absolute Gasteiger partial charge is 0.282 e. The molecule has 1 amide bonds. The summed E-state index contributed by atoms with van der Waals surface area (Å²) in [5.74, 6) is 0.360. The number of amides is 1. The van der Waals surface area contributed by atoms with Crippen LogP contribution in [0, 0.1) is 17.0 Å². The molecule has 130 valence electrons. The topological polar surface area (TPSA) is 101 Å². The first kappa shape index (κ1) is 16.8. The zero-order valence-corrected chi connectivity index (χ0v) is 13.9. The Labute approximate surface area is 145 Å². The average molecular weight is 341 g/mol. The van der Waals surface area contributed by atoms with Crippen LogP contribution in [0.2, 0.25) is 0 Å². The van der Waals surface area contributed by atoms with Gasteiger partial charge in [-0.25, -0.2) is 0 Å². The number of aromatic nitrogens is 2. The van der Waals surface area contributed by atoms with Crippen LogP contribution in [0.4, 0.5) is 11.5 Å². The summed E-state index contributed by atoms with van der Waals surface area (Å²) >= 11 is 0. The highest BCUT2D eigenvalue weighted by atomic mass is 16.6. The second-order valence-electron chi connectivity index (χ2n) is 6.07. The molecule has 1 saturated heterocycles. The van der Waals surface area contributed by atoms with Gasteiger partial charge >= 0.3 is 0 Å². The van der Waals surface area contributed by atoms with E-state index in [0.717, 1.165) is 25.2 Å². The van der Waals surface area contributed by atoms with E-state index in [0.29, 0.717) is 12.1 Å². The Kier molecular flexibility index (Phi) is 4.87. The van der Waals surface area contributed by atoms with Crippen molar-refractivity contribution >= 4 is 17.4 Å². The number of carbonyl (C=O) groups is 1. The van der Waals surface area contributed by atoms with E-state index in [9.17, 15) is 14.9 Å². The van der Waals surface area contributed by atoms with Crippen LogP contribution in [0.25, 0.3) is 0 Å². The van der Waals surface area contributed by atoms with Crippen LogP contribution in [0.1, 0.15) is 28.8 Å². The van der Waals surface area contributed by atoms with Crippen molar-refractivity contribution in [2.75, 3.05) is 18.0 Å².